The number of rotatable bonds is 59. The number of unbranched alkanes of at least 4 members (excludes halogenated alkanes) is 34. The molecule has 0 fully saturated rings. The molecule has 0 aromatic rings. The van der Waals surface area contributed by atoms with E-state index in [1.165, 1.54) is 186 Å². The molecular formula is C70H122O6. The molecule has 0 aromatic carbocycles. The summed E-state index contributed by atoms with van der Waals surface area (Å²) < 4.78 is 16.9. The summed E-state index contributed by atoms with van der Waals surface area (Å²) in [5, 5.41) is 0. The number of carbonyl (C=O) groups excluding carboxylic acids is 3. The lowest BCUT2D eigenvalue weighted by Crippen LogP contribution is -2.30. The van der Waals surface area contributed by atoms with Crippen molar-refractivity contribution in [1.82, 2.24) is 0 Å². The molecule has 0 heterocycles. The van der Waals surface area contributed by atoms with Crippen molar-refractivity contribution in [3.8, 4) is 0 Å². The first-order valence-electron chi connectivity index (χ1n) is 32.6. The molecule has 0 bridgehead atoms. The Hall–Kier alpha value is -3.41. The maximum atomic E-state index is 12.9. The summed E-state index contributed by atoms with van der Waals surface area (Å²) in [7, 11) is 0. The molecule has 0 aromatic heterocycles. The van der Waals surface area contributed by atoms with Crippen LogP contribution in [0.4, 0.5) is 0 Å². The minimum absolute atomic E-state index is 0.0901. The quantitative estimate of drug-likeness (QED) is 0.0261. The van der Waals surface area contributed by atoms with E-state index in [0.717, 1.165) is 96.3 Å². The molecule has 0 rings (SSSR count). The maximum Gasteiger partial charge on any atom is 0.306 e. The van der Waals surface area contributed by atoms with Crippen molar-refractivity contribution in [2.45, 2.75) is 329 Å². The summed E-state index contributed by atoms with van der Waals surface area (Å²) in [6, 6.07) is 0. The van der Waals surface area contributed by atoms with Crippen molar-refractivity contribution in [2.24, 2.45) is 0 Å². The average Bonchev–Trinajstić information content (AvgIpc) is 3.42. The first kappa shape index (κ1) is 72.6. The Labute approximate surface area is 471 Å². The van der Waals surface area contributed by atoms with E-state index in [-0.39, 0.29) is 31.1 Å². The van der Waals surface area contributed by atoms with Gasteiger partial charge in [0.15, 0.2) is 6.10 Å². The summed E-state index contributed by atoms with van der Waals surface area (Å²) in [6.45, 7) is 6.53. The largest absolute Gasteiger partial charge is 0.462 e. The van der Waals surface area contributed by atoms with Crippen molar-refractivity contribution in [1.29, 1.82) is 0 Å². The van der Waals surface area contributed by atoms with E-state index in [1.54, 1.807) is 0 Å². The smallest absolute Gasteiger partial charge is 0.306 e. The zero-order valence-electron chi connectivity index (χ0n) is 50.3. The normalized spacial score (nSPS) is 12.6. The summed E-state index contributed by atoms with van der Waals surface area (Å²) in [5.74, 6) is -0.923. The van der Waals surface area contributed by atoms with Crippen LogP contribution in [0.3, 0.4) is 0 Å². The Kier molecular flexibility index (Phi) is 61.2. The average molecular weight is 1060 g/mol. The number of hydrogen-bond acceptors (Lipinski definition) is 6. The molecule has 438 valence electrons. The standard InChI is InChI=1S/C70H122O6/c1-4-7-10-13-16-19-22-25-28-31-34-35-37-39-42-45-48-51-54-57-60-63-69(72)75-66-67(65-74-68(71)62-59-56-53-50-47-44-41-38-33-30-27-24-21-18-15-12-9-6-3)76-70(73)64-61-58-55-52-49-46-43-40-36-32-29-26-23-20-17-14-11-8-5-2/h7,10,16,19,25,28,30,33-35,39,42,48,51,67H,4-6,8-9,11-15,17-18,20-24,26-27,29,31-32,36-38,40-41,43-47,49-50,52-66H2,1-3H3/b10-7-,19-16-,28-25-,33-30-,35-34-,42-39-,51-48-. The number of esters is 3. The lowest BCUT2D eigenvalue weighted by atomic mass is 10.0. The van der Waals surface area contributed by atoms with Gasteiger partial charge in [0.2, 0.25) is 0 Å². The van der Waals surface area contributed by atoms with Gasteiger partial charge in [-0.3, -0.25) is 14.4 Å². The molecule has 0 aliphatic carbocycles. The minimum atomic E-state index is -0.797. The van der Waals surface area contributed by atoms with Crippen LogP contribution >= 0.6 is 0 Å². The van der Waals surface area contributed by atoms with Gasteiger partial charge in [-0.2, -0.15) is 0 Å². The van der Waals surface area contributed by atoms with Crippen LogP contribution in [0.25, 0.3) is 0 Å². The van der Waals surface area contributed by atoms with Gasteiger partial charge >= 0.3 is 17.9 Å². The van der Waals surface area contributed by atoms with Gasteiger partial charge < -0.3 is 14.2 Å². The van der Waals surface area contributed by atoms with Crippen LogP contribution in [0, 0.1) is 0 Å². The van der Waals surface area contributed by atoms with Gasteiger partial charge in [-0.15, -0.1) is 0 Å². The Morgan fingerprint density at radius 1 is 0.276 bits per heavy atom. The third kappa shape index (κ3) is 61.4. The fourth-order valence-electron chi connectivity index (χ4n) is 9.27. The van der Waals surface area contributed by atoms with Crippen LogP contribution in [0.5, 0.6) is 0 Å². The van der Waals surface area contributed by atoms with Gasteiger partial charge in [-0.05, 0) is 96.3 Å². The van der Waals surface area contributed by atoms with Crippen molar-refractivity contribution in [3.05, 3.63) is 85.1 Å². The molecule has 0 aliphatic rings. The first-order valence-corrected chi connectivity index (χ1v) is 32.6. The first-order chi connectivity index (χ1) is 37.5. The van der Waals surface area contributed by atoms with Crippen LogP contribution in [0.2, 0.25) is 0 Å². The highest BCUT2D eigenvalue weighted by Gasteiger charge is 2.19. The molecule has 0 amide bonds. The highest BCUT2D eigenvalue weighted by atomic mass is 16.6. The van der Waals surface area contributed by atoms with Crippen molar-refractivity contribution in [3.63, 3.8) is 0 Å². The van der Waals surface area contributed by atoms with E-state index < -0.39 is 6.10 Å². The Morgan fingerprint density at radius 3 is 0.842 bits per heavy atom. The van der Waals surface area contributed by atoms with Crippen LogP contribution in [-0.4, -0.2) is 37.2 Å². The number of hydrogen-bond donors (Lipinski definition) is 0. The van der Waals surface area contributed by atoms with Gasteiger partial charge in [0.25, 0.3) is 0 Å². The summed E-state index contributed by atoms with van der Waals surface area (Å²) in [5.41, 5.74) is 0. The van der Waals surface area contributed by atoms with Crippen LogP contribution in [-0.2, 0) is 28.6 Å². The number of carbonyl (C=O) groups is 3. The second-order valence-corrected chi connectivity index (χ2v) is 21.6. The fraction of sp³-hybridized carbons (Fsp3) is 0.757. The molecule has 0 radical (unpaired) electrons. The third-order valence-electron chi connectivity index (χ3n) is 14.1. The molecule has 1 unspecified atom stereocenters. The lowest BCUT2D eigenvalue weighted by Gasteiger charge is -2.18. The van der Waals surface area contributed by atoms with Gasteiger partial charge in [0.05, 0.1) is 0 Å². The minimum Gasteiger partial charge on any atom is -0.462 e. The van der Waals surface area contributed by atoms with Gasteiger partial charge in [-0.1, -0.05) is 292 Å². The fourth-order valence-corrected chi connectivity index (χ4v) is 9.27. The predicted molar refractivity (Wildman–Crippen MR) is 330 cm³/mol. The summed E-state index contributed by atoms with van der Waals surface area (Å²) in [6.07, 6.45) is 84.5. The second-order valence-electron chi connectivity index (χ2n) is 21.6. The van der Waals surface area contributed by atoms with Crippen LogP contribution < -0.4 is 0 Å². The topological polar surface area (TPSA) is 78.9 Å². The molecule has 0 saturated carbocycles. The van der Waals surface area contributed by atoms with E-state index in [2.05, 4.69) is 106 Å². The van der Waals surface area contributed by atoms with E-state index in [9.17, 15) is 14.4 Å². The lowest BCUT2D eigenvalue weighted by molar-refractivity contribution is -0.167. The Balaban J connectivity index is 4.44. The molecule has 0 N–H and O–H groups in total. The predicted octanol–water partition coefficient (Wildman–Crippen LogP) is 22.3. The molecule has 0 aliphatic heterocycles. The number of allylic oxidation sites excluding steroid dienone is 14. The van der Waals surface area contributed by atoms with Crippen LogP contribution in [0.1, 0.15) is 323 Å². The van der Waals surface area contributed by atoms with E-state index in [4.69, 9.17) is 14.2 Å². The summed E-state index contributed by atoms with van der Waals surface area (Å²) in [4.78, 5) is 38.4. The highest BCUT2D eigenvalue weighted by Crippen LogP contribution is 2.17. The Morgan fingerprint density at radius 2 is 0.513 bits per heavy atom. The van der Waals surface area contributed by atoms with E-state index in [0.29, 0.717) is 19.3 Å². The molecule has 0 saturated heterocycles. The molecule has 1 atom stereocenters. The zero-order chi connectivity index (χ0) is 55.0. The van der Waals surface area contributed by atoms with Crippen molar-refractivity contribution < 1.29 is 28.6 Å². The molecule has 6 heteroatoms. The van der Waals surface area contributed by atoms with Gasteiger partial charge in [0.1, 0.15) is 13.2 Å². The highest BCUT2D eigenvalue weighted by molar-refractivity contribution is 5.71. The molecule has 6 nitrogen and oxygen atoms in total. The zero-order valence-corrected chi connectivity index (χ0v) is 50.3. The second kappa shape index (κ2) is 64.1. The monoisotopic (exact) mass is 1060 g/mol. The van der Waals surface area contributed by atoms with Gasteiger partial charge in [0, 0.05) is 19.3 Å². The molecule has 76 heavy (non-hydrogen) atoms. The molecular weight excluding hydrogens is 937 g/mol. The number of ether oxygens (including phenoxy) is 3. The third-order valence-corrected chi connectivity index (χ3v) is 14.1. The van der Waals surface area contributed by atoms with Crippen molar-refractivity contribution in [2.75, 3.05) is 13.2 Å². The van der Waals surface area contributed by atoms with Gasteiger partial charge in [-0.25, -0.2) is 0 Å². The summed E-state index contributed by atoms with van der Waals surface area (Å²) >= 11 is 0. The van der Waals surface area contributed by atoms with E-state index in [1.807, 2.05) is 0 Å². The van der Waals surface area contributed by atoms with E-state index >= 15 is 0 Å². The van der Waals surface area contributed by atoms with Crippen molar-refractivity contribution >= 4 is 17.9 Å². The maximum absolute atomic E-state index is 12.9. The Bertz CT molecular complexity index is 1450. The molecule has 0 spiro atoms. The SMILES string of the molecule is CC/C=C\C/C=C\C/C=C\C/C=C\C/C=C\C/C=C\CCCCC(=O)OCC(COC(=O)CCCCCCCCC/C=C\CCCCCCCCC)OC(=O)CCCCCCCCCCCCCCCCCCCCC. The van der Waals surface area contributed by atoms with Crippen LogP contribution in [0.15, 0.2) is 85.1 Å².